The summed E-state index contributed by atoms with van der Waals surface area (Å²) >= 11 is 0. The van der Waals surface area contributed by atoms with E-state index in [0.717, 1.165) is 5.69 Å². The number of nitrogens with one attached hydrogen (secondary N) is 1. The lowest BCUT2D eigenvalue weighted by atomic mass is 9.99. The molecule has 0 saturated carbocycles. The van der Waals surface area contributed by atoms with Crippen LogP contribution in [-0.4, -0.2) is 30.0 Å². The first-order valence-electron chi connectivity index (χ1n) is 5.04. The molecule has 92 valence electrons. The molecule has 0 heterocycles. The predicted octanol–water partition coefficient (Wildman–Crippen LogP) is 1.37. The first kappa shape index (κ1) is 12.9. The van der Waals surface area contributed by atoms with Gasteiger partial charge in [0, 0.05) is 22.6 Å². The maximum atomic E-state index is 10.5. The summed E-state index contributed by atoms with van der Waals surface area (Å²) < 4.78 is 0. The third-order valence-corrected chi connectivity index (χ3v) is 2.41. The summed E-state index contributed by atoms with van der Waals surface area (Å²) in [6, 6.07) is 6.82. The van der Waals surface area contributed by atoms with Gasteiger partial charge < -0.3 is 5.32 Å². The Labute approximate surface area is 97.7 Å². The van der Waals surface area contributed by atoms with Crippen LogP contribution in [0, 0.1) is 20.2 Å². The van der Waals surface area contributed by atoms with Crippen LogP contribution in [0.5, 0.6) is 0 Å². The van der Waals surface area contributed by atoms with E-state index >= 15 is 0 Å². The van der Waals surface area contributed by atoms with Crippen LogP contribution in [-0.2, 0) is 0 Å². The lowest BCUT2D eigenvalue weighted by Gasteiger charge is -2.09. The van der Waals surface area contributed by atoms with E-state index in [1.165, 1.54) is 0 Å². The summed E-state index contributed by atoms with van der Waals surface area (Å²) in [5.41, 5.74) is 1.46. The second-order valence-electron chi connectivity index (χ2n) is 3.60. The van der Waals surface area contributed by atoms with Gasteiger partial charge in [0.2, 0.25) is 13.1 Å². The molecule has 0 radical (unpaired) electrons. The van der Waals surface area contributed by atoms with Crippen molar-refractivity contribution in [3.8, 4) is 0 Å². The second-order valence-corrected chi connectivity index (χ2v) is 3.60. The highest BCUT2D eigenvalue weighted by atomic mass is 16.6. The van der Waals surface area contributed by atoms with Crippen molar-refractivity contribution in [3.05, 3.63) is 50.1 Å². The lowest BCUT2D eigenvalue weighted by molar-refractivity contribution is -0.516. The van der Waals surface area contributed by atoms with Gasteiger partial charge in [0.15, 0.2) is 0 Å². The Kier molecular flexibility index (Phi) is 4.38. The van der Waals surface area contributed by atoms with Gasteiger partial charge in [0.05, 0.1) is 0 Å². The quantitative estimate of drug-likeness (QED) is 0.597. The fourth-order valence-electron chi connectivity index (χ4n) is 1.55. The van der Waals surface area contributed by atoms with Crippen LogP contribution in [0.3, 0.4) is 0 Å². The summed E-state index contributed by atoms with van der Waals surface area (Å²) in [5, 5.41) is 23.8. The van der Waals surface area contributed by atoms with Gasteiger partial charge in [0.1, 0.15) is 5.92 Å². The normalized spacial score (nSPS) is 10.2. The molecule has 1 N–H and O–H groups in total. The highest BCUT2D eigenvalue weighted by molar-refractivity contribution is 5.44. The van der Waals surface area contributed by atoms with E-state index in [0.29, 0.717) is 5.56 Å². The van der Waals surface area contributed by atoms with Crippen LogP contribution >= 0.6 is 0 Å². The Morgan fingerprint density at radius 2 is 1.59 bits per heavy atom. The minimum absolute atomic E-state index is 0.431. The zero-order chi connectivity index (χ0) is 12.8. The van der Waals surface area contributed by atoms with E-state index in [-0.39, 0.29) is 0 Å². The van der Waals surface area contributed by atoms with Gasteiger partial charge in [-0.25, -0.2) is 0 Å². The van der Waals surface area contributed by atoms with E-state index in [1.807, 2.05) is 0 Å². The SMILES string of the molecule is CNc1ccc(C(C[N+](=O)[O-])C[N+](=O)[O-])cc1. The van der Waals surface area contributed by atoms with Crippen LogP contribution in [0.25, 0.3) is 0 Å². The Balaban J connectivity index is 2.86. The van der Waals surface area contributed by atoms with Crippen molar-refractivity contribution in [1.82, 2.24) is 0 Å². The van der Waals surface area contributed by atoms with Crippen molar-refractivity contribution < 1.29 is 9.85 Å². The Morgan fingerprint density at radius 3 is 1.94 bits per heavy atom. The fraction of sp³-hybridized carbons (Fsp3) is 0.400. The molecule has 0 atom stereocenters. The van der Waals surface area contributed by atoms with Crippen molar-refractivity contribution in [2.45, 2.75) is 5.92 Å². The molecule has 1 aromatic carbocycles. The Morgan fingerprint density at radius 1 is 1.12 bits per heavy atom. The predicted molar refractivity (Wildman–Crippen MR) is 62.5 cm³/mol. The summed E-state index contributed by atoms with van der Waals surface area (Å²) in [7, 11) is 1.75. The van der Waals surface area contributed by atoms with E-state index in [9.17, 15) is 20.2 Å². The number of nitro groups is 2. The number of hydrogen-bond acceptors (Lipinski definition) is 5. The Hall–Kier alpha value is -2.18. The summed E-state index contributed by atoms with van der Waals surface area (Å²) in [4.78, 5) is 19.9. The minimum atomic E-state index is -0.689. The molecule has 0 amide bonds. The molecule has 1 rings (SSSR count). The number of rotatable bonds is 6. The van der Waals surface area contributed by atoms with Crippen molar-refractivity contribution in [3.63, 3.8) is 0 Å². The van der Waals surface area contributed by atoms with Crippen LogP contribution in [0.4, 0.5) is 5.69 Å². The van der Waals surface area contributed by atoms with Gasteiger partial charge in [-0.15, -0.1) is 0 Å². The monoisotopic (exact) mass is 239 g/mol. The summed E-state index contributed by atoms with van der Waals surface area (Å²) in [6.07, 6.45) is 0. The standard InChI is InChI=1S/C10H13N3O4/c1-11-10-4-2-8(3-5-10)9(6-12(14)15)7-13(16)17/h2-5,9,11H,6-7H2,1H3. The van der Waals surface area contributed by atoms with E-state index in [2.05, 4.69) is 5.32 Å². The minimum Gasteiger partial charge on any atom is -0.388 e. The molecule has 0 saturated heterocycles. The molecule has 0 bridgehead atoms. The number of hydrogen-bond donors (Lipinski definition) is 1. The van der Waals surface area contributed by atoms with Crippen molar-refractivity contribution in [1.29, 1.82) is 0 Å². The number of anilines is 1. The molecule has 0 aromatic heterocycles. The van der Waals surface area contributed by atoms with Crippen LogP contribution in [0.15, 0.2) is 24.3 Å². The molecule has 1 aromatic rings. The lowest BCUT2D eigenvalue weighted by Crippen LogP contribution is -2.20. The van der Waals surface area contributed by atoms with Gasteiger partial charge in [0.25, 0.3) is 0 Å². The molecule has 7 nitrogen and oxygen atoms in total. The Bertz CT molecular complexity index is 389. The molecule has 17 heavy (non-hydrogen) atoms. The van der Waals surface area contributed by atoms with Gasteiger partial charge in [-0.1, -0.05) is 12.1 Å². The van der Waals surface area contributed by atoms with Crippen molar-refractivity contribution >= 4 is 5.69 Å². The highest BCUT2D eigenvalue weighted by Crippen LogP contribution is 2.18. The molecule has 0 unspecified atom stereocenters. The van der Waals surface area contributed by atoms with Crippen molar-refractivity contribution in [2.24, 2.45) is 0 Å². The fourth-order valence-corrected chi connectivity index (χ4v) is 1.55. The van der Waals surface area contributed by atoms with Crippen LogP contribution in [0.1, 0.15) is 11.5 Å². The molecule has 0 spiro atoms. The second kappa shape index (κ2) is 5.78. The first-order chi connectivity index (χ1) is 8.02. The molecule has 0 fully saturated rings. The summed E-state index contributed by atoms with van der Waals surface area (Å²) in [5.74, 6) is -0.689. The molecule has 0 aliphatic rings. The molecule has 7 heteroatoms. The molecular formula is C10H13N3O4. The van der Waals surface area contributed by atoms with E-state index < -0.39 is 28.9 Å². The zero-order valence-electron chi connectivity index (χ0n) is 9.33. The third kappa shape index (κ3) is 4.06. The number of nitrogens with zero attached hydrogens (tertiary/aromatic N) is 2. The van der Waals surface area contributed by atoms with Gasteiger partial charge in [-0.2, -0.15) is 0 Å². The average Bonchev–Trinajstić information content (AvgIpc) is 2.27. The maximum absolute atomic E-state index is 10.5. The zero-order valence-corrected chi connectivity index (χ0v) is 9.33. The first-order valence-corrected chi connectivity index (χ1v) is 5.04. The van der Waals surface area contributed by atoms with Gasteiger partial charge in [-0.3, -0.25) is 20.2 Å². The van der Waals surface area contributed by atoms with Crippen LogP contribution < -0.4 is 5.32 Å². The maximum Gasteiger partial charge on any atom is 0.217 e. The molecule has 0 aliphatic carbocycles. The van der Waals surface area contributed by atoms with Gasteiger partial charge in [-0.05, 0) is 17.7 Å². The third-order valence-electron chi connectivity index (χ3n) is 2.41. The average molecular weight is 239 g/mol. The van der Waals surface area contributed by atoms with Crippen LogP contribution in [0.2, 0.25) is 0 Å². The number of benzene rings is 1. The topological polar surface area (TPSA) is 98.3 Å². The van der Waals surface area contributed by atoms with Gasteiger partial charge >= 0.3 is 0 Å². The summed E-state index contributed by atoms with van der Waals surface area (Å²) in [6.45, 7) is -0.861. The highest BCUT2D eigenvalue weighted by Gasteiger charge is 2.23. The smallest absolute Gasteiger partial charge is 0.217 e. The van der Waals surface area contributed by atoms with Crippen molar-refractivity contribution in [2.75, 3.05) is 25.5 Å². The molecular weight excluding hydrogens is 226 g/mol. The van der Waals surface area contributed by atoms with E-state index in [1.54, 1.807) is 31.3 Å². The van der Waals surface area contributed by atoms with E-state index in [4.69, 9.17) is 0 Å². The largest absolute Gasteiger partial charge is 0.388 e. The molecule has 0 aliphatic heterocycles.